The van der Waals surface area contributed by atoms with Gasteiger partial charge in [-0.2, -0.15) is 0 Å². The molecule has 0 aliphatic heterocycles. The molecule has 0 amide bonds. The van der Waals surface area contributed by atoms with E-state index in [1.54, 1.807) is 0 Å². The van der Waals surface area contributed by atoms with Gasteiger partial charge in [-0.05, 0) is 24.1 Å². The van der Waals surface area contributed by atoms with Crippen LogP contribution in [0, 0.1) is 0 Å². The maximum atomic E-state index is 12.4. The van der Waals surface area contributed by atoms with Gasteiger partial charge in [-0.15, -0.1) is 13.2 Å². The molecule has 0 aliphatic carbocycles. The van der Waals surface area contributed by atoms with Gasteiger partial charge in [0.25, 0.3) is 0 Å². The van der Waals surface area contributed by atoms with Gasteiger partial charge in [0.2, 0.25) is 0 Å². The van der Waals surface area contributed by atoms with Crippen molar-refractivity contribution in [2.24, 2.45) is 0 Å². The summed E-state index contributed by atoms with van der Waals surface area (Å²) in [6, 6.07) is 3.87. The van der Waals surface area contributed by atoms with Crippen molar-refractivity contribution in [2.45, 2.75) is 19.2 Å². The fourth-order valence-electron chi connectivity index (χ4n) is 1.59. The smallest absolute Gasteiger partial charge is 0.478 e. The number of hydrogen-bond acceptors (Lipinski definition) is 4. The Kier molecular flexibility index (Phi) is 5.97. The van der Waals surface area contributed by atoms with Crippen molar-refractivity contribution in [3.63, 3.8) is 0 Å². The van der Waals surface area contributed by atoms with E-state index in [4.69, 9.17) is 5.11 Å². The Morgan fingerprint density at radius 2 is 2.00 bits per heavy atom. The lowest BCUT2D eigenvalue weighted by molar-refractivity contribution is -0.274. The number of hydrogen-bond donors (Lipinski definition) is 1. The summed E-state index contributed by atoms with van der Waals surface area (Å²) in [4.78, 5) is 21.5. The first-order chi connectivity index (χ1) is 10.2. The van der Waals surface area contributed by atoms with Crippen molar-refractivity contribution in [2.75, 3.05) is 7.11 Å². The second kappa shape index (κ2) is 7.48. The zero-order chi connectivity index (χ0) is 16.8. The molecule has 0 fully saturated rings. The molecule has 0 saturated heterocycles. The quantitative estimate of drug-likeness (QED) is 0.645. The van der Waals surface area contributed by atoms with E-state index >= 15 is 0 Å². The van der Waals surface area contributed by atoms with Crippen LogP contribution in [0.25, 0.3) is 6.08 Å². The number of ether oxygens (including phenoxy) is 2. The maximum Gasteiger partial charge on any atom is 0.573 e. The third-order valence-electron chi connectivity index (χ3n) is 2.55. The highest BCUT2D eigenvalue weighted by Crippen LogP contribution is 2.29. The predicted molar refractivity (Wildman–Crippen MR) is 70.1 cm³/mol. The Labute approximate surface area is 124 Å². The molecule has 22 heavy (non-hydrogen) atoms. The third-order valence-corrected chi connectivity index (χ3v) is 2.55. The van der Waals surface area contributed by atoms with Gasteiger partial charge in [0.1, 0.15) is 5.75 Å². The molecule has 0 aromatic heterocycles. The minimum Gasteiger partial charge on any atom is -0.478 e. The van der Waals surface area contributed by atoms with E-state index in [0.29, 0.717) is 11.6 Å². The number of carboxylic acids is 1. The molecule has 1 aromatic rings. The molecule has 5 nitrogen and oxygen atoms in total. The molecule has 0 spiro atoms. The van der Waals surface area contributed by atoms with Gasteiger partial charge in [0.05, 0.1) is 7.11 Å². The molecule has 0 bridgehead atoms. The largest absolute Gasteiger partial charge is 0.573 e. The van der Waals surface area contributed by atoms with Crippen LogP contribution in [0.5, 0.6) is 5.75 Å². The van der Waals surface area contributed by atoms with Crippen molar-refractivity contribution < 1.29 is 37.3 Å². The number of carboxylic acid groups (broad SMARTS) is 1. The molecule has 1 aromatic carbocycles. The Morgan fingerprint density at radius 1 is 1.32 bits per heavy atom. The topological polar surface area (TPSA) is 72.8 Å². The lowest BCUT2D eigenvalue weighted by Crippen LogP contribution is -2.18. The molecule has 0 aliphatic rings. The van der Waals surface area contributed by atoms with E-state index in [2.05, 4.69) is 9.47 Å². The molecule has 1 rings (SSSR count). The van der Waals surface area contributed by atoms with Gasteiger partial charge >= 0.3 is 18.3 Å². The van der Waals surface area contributed by atoms with E-state index in [1.807, 2.05) is 0 Å². The summed E-state index contributed by atoms with van der Waals surface area (Å²) in [5.41, 5.74) is 0.388. The summed E-state index contributed by atoms with van der Waals surface area (Å²) < 4.78 is 45.5. The fourth-order valence-corrected chi connectivity index (χ4v) is 1.59. The molecule has 0 radical (unpaired) electrons. The summed E-state index contributed by atoms with van der Waals surface area (Å²) in [6.45, 7) is 0. The number of halogens is 3. The zero-order valence-electron chi connectivity index (χ0n) is 11.5. The fraction of sp³-hybridized carbons (Fsp3) is 0.286. The van der Waals surface area contributed by atoms with Crippen LogP contribution in [-0.2, 0) is 20.7 Å². The molecular formula is C14H13F3O5. The molecule has 8 heteroatoms. The summed E-state index contributed by atoms with van der Waals surface area (Å²) >= 11 is 0. The van der Waals surface area contributed by atoms with Crippen molar-refractivity contribution in [3.8, 4) is 5.75 Å². The number of esters is 1. The molecule has 0 unspecified atom stereocenters. The lowest BCUT2D eigenvalue weighted by Gasteiger charge is -2.13. The second-order valence-electron chi connectivity index (χ2n) is 4.17. The van der Waals surface area contributed by atoms with E-state index in [1.165, 1.54) is 19.2 Å². The van der Waals surface area contributed by atoms with Gasteiger partial charge in [-0.3, -0.25) is 4.79 Å². The monoisotopic (exact) mass is 318 g/mol. The average Bonchev–Trinajstić information content (AvgIpc) is 2.41. The highest BCUT2D eigenvalue weighted by molar-refractivity contribution is 5.86. The highest BCUT2D eigenvalue weighted by Gasteiger charge is 2.32. The molecule has 1 N–H and O–H groups in total. The van der Waals surface area contributed by atoms with Crippen LogP contribution in [0.1, 0.15) is 17.5 Å². The van der Waals surface area contributed by atoms with Gasteiger partial charge in [-0.25, -0.2) is 4.79 Å². The normalized spacial score (nSPS) is 11.5. The number of carbonyl (C=O) groups is 2. The molecule has 0 heterocycles. The summed E-state index contributed by atoms with van der Waals surface area (Å²) in [5, 5.41) is 8.52. The first-order valence-electron chi connectivity index (χ1n) is 6.08. The average molecular weight is 318 g/mol. The summed E-state index contributed by atoms with van der Waals surface area (Å²) in [6.07, 6.45) is -3.04. The predicted octanol–water partition coefficient (Wildman–Crippen LogP) is 2.79. The van der Waals surface area contributed by atoms with Crippen LogP contribution in [-0.4, -0.2) is 30.5 Å². The van der Waals surface area contributed by atoms with Gasteiger partial charge in [-0.1, -0.05) is 12.1 Å². The summed E-state index contributed by atoms with van der Waals surface area (Å²) in [5.74, 6) is -2.33. The number of aryl methyl sites for hydroxylation is 1. The maximum absolute atomic E-state index is 12.4. The van der Waals surface area contributed by atoms with Crippen molar-refractivity contribution >= 4 is 18.0 Å². The van der Waals surface area contributed by atoms with Gasteiger partial charge in [0, 0.05) is 18.1 Å². The number of methoxy groups -OCH3 is 1. The number of rotatable bonds is 6. The van der Waals surface area contributed by atoms with Crippen molar-refractivity contribution in [1.82, 2.24) is 0 Å². The number of carbonyl (C=O) groups excluding carboxylic acids is 1. The van der Waals surface area contributed by atoms with Crippen molar-refractivity contribution in [3.05, 3.63) is 35.4 Å². The zero-order valence-corrected chi connectivity index (χ0v) is 11.5. The minimum absolute atomic E-state index is 0.00622. The molecular weight excluding hydrogens is 305 g/mol. The minimum atomic E-state index is -4.91. The van der Waals surface area contributed by atoms with E-state index < -0.39 is 24.1 Å². The van der Waals surface area contributed by atoms with Crippen LogP contribution < -0.4 is 4.74 Å². The highest BCUT2D eigenvalue weighted by atomic mass is 19.4. The number of alkyl halides is 3. The van der Waals surface area contributed by atoms with Crippen LogP contribution in [0.2, 0.25) is 0 Å². The lowest BCUT2D eigenvalue weighted by atomic mass is 10.1. The Hall–Kier alpha value is -2.51. The Morgan fingerprint density at radius 3 is 2.55 bits per heavy atom. The molecule has 0 saturated carbocycles. The number of aliphatic carboxylic acids is 1. The SMILES string of the molecule is COC(=O)CCc1ccc(/C=C/C(=O)O)c(OC(F)(F)F)c1. The van der Waals surface area contributed by atoms with Gasteiger partial charge in [0.15, 0.2) is 0 Å². The van der Waals surface area contributed by atoms with E-state index in [0.717, 1.165) is 12.1 Å². The Bertz CT molecular complexity index is 578. The first-order valence-corrected chi connectivity index (χ1v) is 6.08. The van der Waals surface area contributed by atoms with Crippen molar-refractivity contribution in [1.29, 1.82) is 0 Å². The van der Waals surface area contributed by atoms with E-state index in [9.17, 15) is 22.8 Å². The van der Waals surface area contributed by atoms with E-state index in [-0.39, 0.29) is 18.4 Å². The Balaban J connectivity index is 3.02. The summed E-state index contributed by atoms with van der Waals surface area (Å²) in [7, 11) is 1.21. The van der Waals surface area contributed by atoms with Gasteiger partial charge < -0.3 is 14.6 Å². The first kappa shape index (κ1) is 17.5. The van der Waals surface area contributed by atoms with Crippen LogP contribution in [0.3, 0.4) is 0 Å². The standard InChI is InChI=1S/C14H13F3O5/c1-21-13(20)7-3-9-2-4-10(5-6-12(18)19)11(8-9)22-14(15,16)17/h2,4-6,8H,3,7H2,1H3,(H,18,19)/b6-5+. The number of benzene rings is 1. The second-order valence-corrected chi connectivity index (χ2v) is 4.17. The van der Waals surface area contributed by atoms with Crippen LogP contribution in [0.4, 0.5) is 13.2 Å². The third kappa shape index (κ3) is 6.29. The molecule has 0 atom stereocenters. The molecule has 120 valence electrons. The van der Waals surface area contributed by atoms with Crippen LogP contribution in [0.15, 0.2) is 24.3 Å². The van der Waals surface area contributed by atoms with Crippen LogP contribution >= 0.6 is 0 Å².